The van der Waals surface area contributed by atoms with E-state index in [1.807, 2.05) is 6.20 Å². The van der Waals surface area contributed by atoms with Crippen LogP contribution in [0, 0.1) is 0 Å². The molecule has 5 heteroatoms. The van der Waals surface area contributed by atoms with Crippen molar-refractivity contribution in [3.8, 4) is 0 Å². The molecule has 1 heterocycles. The summed E-state index contributed by atoms with van der Waals surface area (Å²) in [5, 5.41) is 3.34. The second-order valence-electron chi connectivity index (χ2n) is 2.73. The van der Waals surface area contributed by atoms with Gasteiger partial charge in [0.15, 0.2) is 6.20 Å². The fourth-order valence-electron chi connectivity index (χ4n) is 0.990. The van der Waals surface area contributed by atoms with E-state index in [2.05, 4.69) is 27.5 Å². The summed E-state index contributed by atoms with van der Waals surface area (Å²) in [5.41, 5.74) is 0. The predicted octanol–water partition coefficient (Wildman–Crippen LogP) is -1.33. The second kappa shape index (κ2) is 7.09. The maximum atomic E-state index is 4.14. The highest BCUT2D eigenvalue weighted by Gasteiger charge is 2.08. The van der Waals surface area contributed by atoms with Crippen LogP contribution in [0.25, 0.3) is 0 Å². The minimum absolute atomic E-state index is 0. The van der Waals surface area contributed by atoms with E-state index in [-0.39, 0.29) is 12.4 Å². The third kappa shape index (κ3) is 3.91. The van der Waals surface area contributed by atoms with Gasteiger partial charge in [0.05, 0.1) is 13.1 Å². The summed E-state index contributed by atoms with van der Waals surface area (Å²) >= 11 is 1.53. The van der Waals surface area contributed by atoms with Crippen molar-refractivity contribution in [3.05, 3.63) is 6.20 Å². The summed E-state index contributed by atoms with van der Waals surface area (Å²) in [7, 11) is 0. The lowest BCUT2D eigenvalue weighted by Gasteiger charge is -1.98. The smallest absolute Gasteiger partial charge is 0.268 e. The SMILES string of the molecule is CCCNc1cns[n+]1CCC.[Cl-]. The van der Waals surface area contributed by atoms with Crippen molar-refractivity contribution in [2.45, 2.75) is 33.2 Å². The largest absolute Gasteiger partial charge is 1.00 e. The van der Waals surface area contributed by atoms with Crippen molar-refractivity contribution in [1.29, 1.82) is 0 Å². The van der Waals surface area contributed by atoms with Crippen molar-refractivity contribution in [2.24, 2.45) is 0 Å². The van der Waals surface area contributed by atoms with Crippen LogP contribution < -0.4 is 21.7 Å². The molecule has 0 unspecified atom stereocenters. The summed E-state index contributed by atoms with van der Waals surface area (Å²) in [6.45, 7) is 6.44. The van der Waals surface area contributed by atoms with Gasteiger partial charge in [0.2, 0.25) is 11.7 Å². The molecule has 0 radical (unpaired) electrons. The number of aryl methyl sites for hydroxylation is 1. The molecule has 0 bridgehead atoms. The maximum absolute atomic E-state index is 4.14. The lowest BCUT2D eigenvalue weighted by Crippen LogP contribution is -3.00. The number of aromatic nitrogens is 2. The Bertz CT molecular complexity index is 227. The molecule has 0 aromatic carbocycles. The van der Waals surface area contributed by atoms with Gasteiger partial charge in [-0.25, -0.2) is 0 Å². The molecule has 0 fully saturated rings. The number of hydrogen-bond acceptors (Lipinski definition) is 3. The molecular formula is C8H16ClN3S. The molecule has 0 spiro atoms. The van der Waals surface area contributed by atoms with Crippen LogP contribution in [0.3, 0.4) is 0 Å². The zero-order valence-corrected chi connectivity index (χ0v) is 9.66. The molecule has 1 N–H and O–H groups in total. The van der Waals surface area contributed by atoms with Crippen LogP contribution in [0.2, 0.25) is 0 Å². The van der Waals surface area contributed by atoms with Crippen molar-refractivity contribution < 1.29 is 16.4 Å². The summed E-state index contributed by atoms with van der Waals surface area (Å²) in [5.74, 6) is 1.16. The third-order valence-corrected chi connectivity index (χ3v) is 2.35. The first-order valence-electron chi connectivity index (χ1n) is 4.47. The summed E-state index contributed by atoms with van der Waals surface area (Å²) in [6, 6.07) is 0. The molecule has 0 amide bonds. The number of anilines is 1. The van der Waals surface area contributed by atoms with E-state index in [4.69, 9.17) is 0 Å². The molecule has 3 nitrogen and oxygen atoms in total. The summed E-state index contributed by atoms with van der Waals surface area (Å²) in [6.07, 6.45) is 4.21. The number of rotatable bonds is 5. The van der Waals surface area contributed by atoms with Gasteiger partial charge < -0.3 is 17.7 Å². The molecule has 0 aliphatic heterocycles. The quantitative estimate of drug-likeness (QED) is 0.625. The number of halogens is 1. The van der Waals surface area contributed by atoms with Crippen LogP contribution in [0.4, 0.5) is 5.82 Å². The van der Waals surface area contributed by atoms with Crippen LogP contribution in [0.1, 0.15) is 26.7 Å². The molecular weight excluding hydrogens is 206 g/mol. The van der Waals surface area contributed by atoms with E-state index in [1.54, 1.807) is 0 Å². The number of nitrogens with one attached hydrogen (secondary N) is 1. The van der Waals surface area contributed by atoms with Crippen LogP contribution in [-0.4, -0.2) is 10.9 Å². The molecule has 13 heavy (non-hydrogen) atoms. The van der Waals surface area contributed by atoms with Gasteiger partial charge >= 0.3 is 0 Å². The standard InChI is InChI=1S/C8H15N3S.ClH/c1-3-5-9-8-7-10-12-11(8)6-4-2;/h7H,3-6H2,1-2H3;1H. The van der Waals surface area contributed by atoms with Gasteiger partial charge in [-0.3, -0.25) is 0 Å². The van der Waals surface area contributed by atoms with Crippen LogP contribution in [-0.2, 0) is 6.54 Å². The normalized spacial score (nSPS) is 9.38. The predicted molar refractivity (Wildman–Crippen MR) is 51.4 cm³/mol. The van der Waals surface area contributed by atoms with Gasteiger partial charge in [-0.15, -0.1) is 0 Å². The Balaban J connectivity index is 0.00000144. The van der Waals surface area contributed by atoms with Crippen molar-refractivity contribution in [2.75, 3.05) is 11.9 Å². The minimum Gasteiger partial charge on any atom is -1.00 e. The topological polar surface area (TPSA) is 28.8 Å². The molecule has 0 saturated heterocycles. The lowest BCUT2D eigenvalue weighted by molar-refractivity contribution is -0.615. The van der Waals surface area contributed by atoms with Crippen molar-refractivity contribution in [1.82, 2.24) is 4.37 Å². The minimum atomic E-state index is 0. The highest BCUT2D eigenvalue weighted by Crippen LogP contribution is 2.00. The molecule has 1 rings (SSSR count). The number of nitrogens with zero attached hydrogens (tertiary/aromatic N) is 2. The maximum Gasteiger partial charge on any atom is 0.268 e. The van der Waals surface area contributed by atoms with Crippen molar-refractivity contribution >= 4 is 17.5 Å². The Morgan fingerprint density at radius 3 is 2.85 bits per heavy atom. The molecule has 0 atom stereocenters. The Labute approximate surface area is 89.9 Å². The Morgan fingerprint density at radius 2 is 2.23 bits per heavy atom. The lowest BCUT2D eigenvalue weighted by atomic mass is 10.4. The summed E-state index contributed by atoms with van der Waals surface area (Å²) in [4.78, 5) is 0. The first-order chi connectivity index (χ1) is 5.88. The van der Waals surface area contributed by atoms with E-state index < -0.39 is 0 Å². The molecule has 0 saturated carbocycles. The van der Waals surface area contributed by atoms with E-state index in [0.29, 0.717) is 0 Å². The van der Waals surface area contributed by atoms with Gasteiger partial charge in [0, 0.05) is 0 Å². The monoisotopic (exact) mass is 221 g/mol. The van der Waals surface area contributed by atoms with Crippen LogP contribution in [0.15, 0.2) is 6.20 Å². The van der Waals surface area contributed by atoms with E-state index in [0.717, 1.165) is 31.7 Å². The fraction of sp³-hybridized carbons (Fsp3) is 0.750. The third-order valence-electron chi connectivity index (χ3n) is 1.57. The Morgan fingerprint density at radius 1 is 1.46 bits per heavy atom. The average molecular weight is 222 g/mol. The van der Waals surface area contributed by atoms with Gasteiger partial charge in [0.1, 0.15) is 0 Å². The van der Waals surface area contributed by atoms with Crippen LogP contribution >= 0.6 is 11.7 Å². The first kappa shape index (κ1) is 12.7. The van der Waals surface area contributed by atoms with E-state index in [9.17, 15) is 0 Å². The van der Waals surface area contributed by atoms with E-state index in [1.165, 1.54) is 11.7 Å². The summed E-state index contributed by atoms with van der Waals surface area (Å²) < 4.78 is 6.33. The highest BCUT2D eigenvalue weighted by atomic mass is 35.5. The van der Waals surface area contributed by atoms with Gasteiger partial charge in [-0.05, 0) is 17.2 Å². The zero-order chi connectivity index (χ0) is 8.81. The number of hydrogen-bond donors (Lipinski definition) is 1. The van der Waals surface area contributed by atoms with Crippen LogP contribution in [0.5, 0.6) is 0 Å². The average Bonchev–Trinajstić information content (AvgIpc) is 2.50. The zero-order valence-electron chi connectivity index (χ0n) is 8.09. The second-order valence-corrected chi connectivity index (χ2v) is 3.55. The van der Waals surface area contributed by atoms with E-state index >= 15 is 0 Å². The Hall–Kier alpha value is -0.350. The van der Waals surface area contributed by atoms with Crippen molar-refractivity contribution in [3.63, 3.8) is 0 Å². The molecule has 76 valence electrons. The molecule has 1 aromatic rings. The molecule has 0 aliphatic carbocycles. The highest BCUT2D eigenvalue weighted by molar-refractivity contribution is 6.94. The Kier molecular flexibility index (Phi) is 6.90. The van der Waals surface area contributed by atoms with Gasteiger partial charge in [0.25, 0.3) is 5.82 Å². The molecule has 0 aliphatic rings. The van der Waals surface area contributed by atoms with Gasteiger partial charge in [-0.2, -0.15) is 3.96 Å². The van der Waals surface area contributed by atoms with Gasteiger partial charge in [-0.1, -0.05) is 13.8 Å². The molecule has 1 aromatic heterocycles. The first-order valence-corrected chi connectivity index (χ1v) is 5.20. The fourth-order valence-corrected chi connectivity index (χ4v) is 1.71.